The summed E-state index contributed by atoms with van der Waals surface area (Å²) in [5, 5.41) is 2.66. The highest BCUT2D eigenvalue weighted by Gasteiger charge is 1.99. The van der Waals surface area contributed by atoms with Crippen LogP contribution in [0.4, 0.5) is 9.59 Å². The Morgan fingerprint density at radius 2 is 1.08 bits per heavy atom. The topological polar surface area (TPSA) is 96.2 Å². The lowest BCUT2D eigenvalue weighted by atomic mass is 10.0. The molecular formula is C18H38N4O2. The molecule has 0 aromatic rings. The predicted molar refractivity (Wildman–Crippen MR) is 99.6 cm³/mol. The maximum Gasteiger partial charge on any atom is 0.333 e. The lowest BCUT2D eigenvalue weighted by Gasteiger charge is -2.07. The standard InChI is InChI=1S/C18H38N4O2/c1-2-3-4-5-6-7-8-9-10-11-12-13-14-15-16-20-18(24)22-21-17(19)23/h2-16H2,1H3,(H3,19,21,23)(H2,20,22,24). The number of unbranched alkanes of at least 4 members (excludes halogenated alkanes) is 13. The molecule has 0 saturated carbocycles. The van der Waals surface area contributed by atoms with E-state index in [1.54, 1.807) is 0 Å². The number of rotatable bonds is 15. The number of nitrogens with one attached hydrogen (secondary N) is 3. The molecule has 142 valence electrons. The monoisotopic (exact) mass is 342 g/mol. The molecule has 0 saturated heterocycles. The fourth-order valence-corrected chi connectivity index (χ4v) is 2.68. The summed E-state index contributed by atoms with van der Waals surface area (Å²) in [6.07, 6.45) is 18.4. The Hall–Kier alpha value is -1.46. The minimum Gasteiger partial charge on any atom is -0.350 e. The first kappa shape index (κ1) is 22.5. The second-order valence-electron chi connectivity index (χ2n) is 6.47. The van der Waals surface area contributed by atoms with Gasteiger partial charge in [-0.3, -0.25) is 0 Å². The first-order chi connectivity index (χ1) is 11.7. The van der Waals surface area contributed by atoms with Crippen LogP contribution in [0.3, 0.4) is 0 Å². The second-order valence-corrected chi connectivity index (χ2v) is 6.47. The third kappa shape index (κ3) is 18.6. The van der Waals surface area contributed by atoms with Gasteiger partial charge < -0.3 is 11.1 Å². The predicted octanol–water partition coefficient (Wildman–Crippen LogP) is 4.35. The average molecular weight is 343 g/mol. The lowest BCUT2D eigenvalue weighted by Crippen LogP contribution is -2.49. The number of amides is 4. The Morgan fingerprint density at radius 3 is 1.50 bits per heavy atom. The van der Waals surface area contributed by atoms with Crippen LogP contribution in [-0.2, 0) is 0 Å². The van der Waals surface area contributed by atoms with Gasteiger partial charge in [0.05, 0.1) is 0 Å². The molecular weight excluding hydrogens is 304 g/mol. The molecule has 0 rings (SSSR count). The number of carbonyl (C=O) groups excluding carboxylic acids is 2. The number of hydrogen-bond acceptors (Lipinski definition) is 2. The van der Waals surface area contributed by atoms with Crippen molar-refractivity contribution in [3.05, 3.63) is 0 Å². The first-order valence-electron chi connectivity index (χ1n) is 9.76. The van der Waals surface area contributed by atoms with E-state index in [1.807, 2.05) is 5.43 Å². The molecule has 0 aliphatic carbocycles. The van der Waals surface area contributed by atoms with Gasteiger partial charge in [-0.25, -0.2) is 20.4 Å². The highest BCUT2D eigenvalue weighted by atomic mass is 16.2. The second kappa shape index (κ2) is 17.9. The number of carbonyl (C=O) groups is 2. The molecule has 24 heavy (non-hydrogen) atoms. The third-order valence-corrected chi connectivity index (χ3v) is 4.12. The molecule has 5 N–H and O–H groups in total. The number of primary amides is 1. The Bertz CT molecular complexity index is 311. The van der Waals surface area contributed by atoms with Crippen LogP contribution in [0.2, 0.25) is 0 Å². The van der Waals surface area contributed by atoms with Crippen molar-refractivity contribution in [1.29, 1.82) is 0 Å². The minimum absolute atomic E-state index is 0.427. The highest BCUT2D eigenvalue weighted by Crippen LogP contribution is 2.12. The SMILES string of the molecule is CCCCCCCCCCCCCCCCNC(=O)NNC(N)=O. The van der Waals surface area contributed by atoms with E-state index in [-0.39, 0.29) is 0 Å². The summed E-state index contributed by atoms with van der Waals surface area (Å²) in [6, 6.07) is -1.20. The Labute approximate surface area is 147 Å². The molecule has 0 unspecified atom stereocenters. The first-order valence-corrected chi connectivity index (χ1v) is 9.76. The van der Waals surface area contributed by atoms with Gasteiger partial charge in [-0.15, -0.1) is 0 Å². The molecule has 0 heterocycles. The smallest absolute Gasteiger partial charge is 0.333 e. The molecule has 0 bridgehead atoms. The molecule has 0 spiro atoms. The zero-order chi connectivity index (χ0) is 17.9. The van der Waals surface area contributed by atoms with Gasteiger partial charge in [-0.1, -0.05) is 90.4 Å². The van der Waals surface area contributed by atoms with E-state index in [0.29, 0.717) is 6.54 Å². The quantitative estimate of drug-likeness (QED) is 0.263. The van der Waals surface area contributed by atoms with Crippen LogP contribution in [0.25, 0.3) is 0 Å². The minimum atomic E-state index is -0.776. The number of hydrazine groups is 1. The fraction of sp³-hybridized carbons (Fsp3) is 0.889. The third-order valence-electron chi connectivity index (χ3n) is 4.12. The van der Waals surface area contributed by atoms with Gasteiger partial charge in [0.2, 0.25) is 0 Å². The van der Waals surface area contributed by atoms with Gasteiger partial charge in [0.15, 0.2) is 0 Å². The zero-order valence-corrected chi connectivity index (χ0v) is 15.5. The molecule has 6 heteroatoms. The Balaban J connectivity index is 3.10. The van der Waals surface area contributed by atoms with E-state index in [1.165, 1.54) is 77.0 Å². The van der Waals surface area contributed by atoms with Crippen LogP contribution in [0, 0.1) is 0 Å². The fourth-order valence-electron chi connectivity index (χ4n) is 2.68. The normalized spacial score (nSPS) is 10.4. The van der Waals surface area contributed by atoms with Gasteiger partial charge in [0, 0.05) is 6.54 Å². The summed E-state index contributed by atoms with van der Waals surface area (Å²) in [5.74, 6) is 0. The van der Waals surface area contributed by atoms with Crippen molar-refractivity contribution in [2.24, 2.45) is 5.73 Å². The maximum absolute atomic E-state index is 11.2. The van der Waals surface area contributed by atoms with Crippen molar-refractivity contribution >= 4 is 12.1 Å². The Morgan fingerprint density at radius 1 is 0.667 bits per heavy atom. The van der Waals surface area contributed by atoms with E-state index in [9.17, 15) is 9.59 Å². The molecule has 0 atom stereocenters. The van der Waals surface area contributed by atoms with Crippen LogP contribution in [0.1, 0.15) is 96.8 Å². The molecule has 0 radical (unpaired) electrons. The maximum atomic E-state index is 11.2. The van der Waals surface area contributed by atoms with E-state index in [2.05, 4.69) is 17.7 Å². The van der Waals surface area contributed by atoms with Crippen molar-refractivity contribution in [2.45, 2.75) is 96.8 Å². The van der Waals surface area contributed by atoms with Gasteiger partial charge in [-0.05, 0) is 6.42 Å². The van der Waals surface area contributed by atoms with Gasteiger partial charge in [-0.2, -0.15) is 0 Å². The van der Waals surface area contributed by atoms with Crippen LogP contribution in [0.15, 0.2) is 0 Å². The van der Waals surface area contributed by atoms with E-state index in [4.69, 9.17) is 5.73 Å². The van der Waals surface area contributed by atoms with Crippen LogP contribution < -0.4 is 21.9 Å². The van der Waals surface area contributed by atoms with Crippen LogP contribution in [0.5, 0.6) is 0 Å². The molecule has 0 aromatic carbocycles. The van der Waals surface area contributed by atoms with Gasteiger partial charge >= 0.3 is 12.1 Å². The van der Waals surface area contributed by atoms with E-state index in [0.717, 1.165) is 12.8 Å². The molecule has 0 aliphatic rings. The van der Waals surface area contributed by atoms with Gasteiger partial charge in [0.1, 0.15) is 0 Å². The zero-order valence-electron chi connectivity index (χ0n) is 15.5. The summed E-state index contributed by atoms with van der Waals surface area (Å²) in [6.45, 7) is 2.88. The molecule has 0 fully saturated rings. The molecule has 0 aromatic heterocycles. The van der Waals surface area contributed by atoms with Crippen molar-refractivity contribution in [3.63, 3.8) is 0 Å². The van der Waals surface area contributed by atoms with Gasteiger partial charge in [0.25, 0.3) is 0 Å². The summed E-state index contributed by atoms with van der Waals surface area (Å²) in [7, 11) is 0. The summed E-state index contributed by atoms with van der Waals surface area (Å²) >= 11 is 0. The van der Waals surface area contributed by atoms with Crippen molar-refractivity contribution in [1.82, 2.24) is 16.2 Å². The van der Waals surface area contributed by atoms with Crippen molar-refractivity contribution in [3.8, 4) is 0 Å². The summed E-state index contributed by atoms with van der Waals surface area (Å²) < 4.78 is 0. The molecule has 6 nitrogen and oxygen atoms in total. The van der Waals surface area contributed by atoms with Crippen LogP contribution in [-0.4, -0.2) is 18.6 Å². The number of hydrogen-bond donors (Lipinski definition) is 4. The summed E-state index contributed by atoms with van der Waals surface area (Å²) in [5.41, 5.74) is 9.02. The molecule has 0 aliphatic heterocycles. The number of urea groups is 2. The highest BCUT2D eigenvalue weighted by molar-refractivity contribution is 5.78. The number of nitrogens with two attached hydrogens (primary N) is 1. The average Bonchev–Trinajstić information content (AvgIpc) is 2.56. The van der Waals surface area contributed by atoms with Crippen molar-refractivity contribution < 1.29 is 9.59 Å². The van der Waals surface area contributed by atoms with Crippen LogP contribution >= 0.6 is 0 Å². The Kier molecular flexibility index (Phi) is 16.8. The van der Waals surface area contributed by atoms with E-state index >= 15 is 0 Å². The summed E-state index contributed by atoms with van der Waals surface area (Å²) in [4.78, 5) is 21.6. The molecule has 4 amide bonds. The van der Waals surface area contributed by atoms with E-state index < -0.39 is 12.1 Å². The van der Waals surface area contributed by atoms with Crippen molar-refractivity contribution in [2.75, 3.05) is 6.54 Å². The lowest BCUT2D eigenvalue weighted by molar-refractivity contribution is 0.228. The largest absolute Gasteiger partial charge is 0.350 e.